The lowest BCUT2D eigenvalue weighted by Gasteiger charge is -2.16. The topological polar surface area (TPSA) is 18.5 Å². The highest BCUT2D eigenvalue weighted by atomic mass is 79.9. The number of benzene rings is 1. The maximum Gasteiger partial charge on any atom is 0.340 e. The number of alkyl halides is 4. The van der Waals surface area contributed by atoms with Crippen LogP contribution in [0.1, 0.15) is 0 Å². The zero-order valence-electron chi connectivity index (χ0n) is 8.72. The molecule has 0 aromatic heterocycles. The van der Waals surface area contributed by atoms with Gasteiger partial charge in [-0.2, -0.15) is 8.78 Å². The third-order valence-electron chi connectivity index (χ3n) is 1.87. The predicted octanol–water partition coefficient (Wildman–Crippen LogP) is 3.74. The van der Waals surface area contributed by atoms with Gasteiger partial charge in [-0.25, -0.2) is 8.78 Å². The van der Waals surface area contributed by atoms with Crippen molar-refractivity contribution >= 4 is 15.9 Å². The highest BCUT2D eigenvalue weighted by Crippen LogP contribution is 2.30. The fraction of sp³-hybridized carbons (Fsp3) is 0.400. The molecule has 0 spiro atoms. The standard InChI is InChI=1S/C10H9BrF4O2/c1-16-8-3-2-6(4-7(8)11)17-5-10(14,15)9(12)13/h2-4,9H,5H2,1H3. The van der Waals surface area contributed by atoms with Gasteiger partial charge in [0.25, 0.3) is 0 Å². The summed E-state index contributed by atoms with van der Waals surface area (Å²) in [6.45, 7) is -1.37. The summed E-state index contributed by atoms with van der Waals surface area (Å²) in [6.07, 6.45) is -3.75. The zero-order valence-corrected chi connectivity index (χ0v) is 10.3. The number of hydrogen-bond acceptors (Lipinski definition) is 2. The van der Waals surface area contributed by atoms with Gasteiger partial charge in [0.15, 0.2) is 6.61 Å². The lowest BCUT2D eigenvalue weighted by Crippen LogP contribution is -2.33. The molecule has 0 aliphatic carbocycles. The van der Waals surface area contributed by atoms with Gasteiger partial charge >= 0.3 is 12.3 Å². The van der Waals surface area contributed by atoms with Crippen LogP contribution in [-0.4, -0.2) is 26.1 Å². The minimum atomic E-state index is -4.16. The summed E-state index contributed by atoms with van der Waals surface area (Å²) in [7, 11) is 1.44. The molecule has 7 heteroatoms. The summed E-state index contributed by atoms with van der Waals surface area (Å²) >= 11 is 3.12. The molecule has 17 heavy (non-hydrogen) atoms. The molecular weight excluding hydrogens is 308 g/mol. The Morgan fingerprint density at radius 2 is 2.00 bits per heavy atom. The maximum atomic E-state index is 12.6. The smallest absolute Gasteiger partial charge is 0.340 e. The van der Waals surface area contributed by atoms with Gasteiger partial charge in [0.1, 0.15) is 11.5 Å². The molecule has 2 nitrogen and oxygen atoms in total. The molecule has 0 saturated carbocycles. The summed E-state index contributed by atoms with van der Waals surface area (Å²) in [5.41, 5.74) is 0. The Morgan fingerprint density at radius 3 is 2.47 bits per heavy atom. The molecule has 0 unspecified atom stereocenters. The Hall–Kier alpha value is -0.980. The average molecular weight is 317 g/mol. The van der Waals surface area contributed by atoms with Crippen molar-refractivity contribution in [1.29, 1.82) is 0 Å². The van der Waals surface area contributed by atoms with E-state index in [1.807, 2.05) is 0 Å². The lowest BCUT2D eigenvalue weighted by molar-refractivity contribution is -0.148. The number of ether oxygens (including phenoxy) is 2. The lowest BCUT2D eigenvalue weighted by atomic mass is 10.3. The zero-order chi connectivity index (χ0) is 13.1. The molecule has 0 bridgehead atoms. The molecule has 1 aromatic carbocycles. The summed E-state index contributed by atoms with van der Waals surface area (Å²) in [5, 5.41) is 0. The largest absolute Gasteiger partial charge is 0.496 e. The SMILES string of the molecule is COc1ccc(OCC(F)(F)C(F)F)cc1Br. The summed E-state index contributed by atoms with van der Waals surface area (Å²) < 4.78 is 58.8. The van der Waals surface area contributed by atoms with E-state index in [0.717, 1.165) is 0 Å². The van der Waals surface area contributed by atoms with Gasteiger partial charge in [0, 0.05) is 0 Å². The van der Waals surface area contributed by atoms with Crippen LogP contribution in [0.5, 0.6) is 11.5 Å². The first-order chi connectivity index (χ1) is 7.86. The molecule has 0 amide bonds. The minimum Gasteiger partial charge on any atom is -0.496 e. The van der Waals surface area contributed by atoms with Crippen molar-refractivity contribution in [2.45, 2.75) is 12.3 Å². The number of rotatable bonds is 5. The Morgan fingerprint density at radius 1 is 1.35 bits per heavy atom. The van der Waals surface area contributed by atoms with Crippen molar-refractivity contribution in [3.8, 4) is 11.5 Å². The van der Waals surface area contributed by atoms with Gasteiger partial charge in [-0.1, -0.05) is 0 Å². The highest BCUT2D eigenvalue weighted by molar-refractivity contribution is 9.10. The molecule has 96 valence electrons. The van der Waals surface area contributed by atoms with Crippen molar-refractivity contribution < 1.29 is 27.0 Å². The van der Waals surface area contributed by atoms with Crippen LogP contribution in [0.4, 0.5) is 17.6 Å². The van der Waals surface area contributed by atoms with E-state index in [-0.39, 0.29) is 5.75 Å². The van der Waals surface area contributed by atoms with E-state index in [9.17, 15) is 17.6 Å². The van der Waals surface area contributed by atoms with E-state index in [1.165, 1.54) is 25.3 Å². The fourth-order valence-corrected chi connectivity index (χ4v) is 1.50. The fourth-order valence-electron chi connectivity index (χ4n) is 0.979. The second-order valence-corrected chi connectivity index (χ2v) is 4.00. The molecule has 0 aliphatic heterocycles. The van der Waals surface area contributed by atoms with Crippen LogP contribution < -0.4 is 9.47 Å². The van der Waals surface area contributed by atoms with Crippen molar-refractivity contribution in [3.63, 3.8) is 0 Å². The third kappa shape index (κ3) is 3.76. The Kier molecular flexibility index (Phi) is 4.62. The Balaban J connectivity index is 2.67. The third-order valence-corrected chi connectivity index (χ3v) is 2.49. The van der Waals surface area contributed by atoms with Crippen LogP contribution in [0.2, 0.25) is 0 Å². The number of methoxy groups -OCH3 is 1. The summed E-state index contributed by atoms with van der Waals surface area (Å²) in [4.78, 5) is 0. The van der Waals surface area contributed by atoms with Gasteiger partial charge in [-0.05, 0) is 34.1 Å². The van der Waals surface area contributed by atoms with E-state index in [4.69, 9.17) is 4.74 Å². The molecule has 0 saturated heterocycles. The summed E-state index contributed by atoms with van der Waals surface area (Å²) in [5.74, 6) is -3.62. The van der Waals surface area contributed by atoms with Crippen LogP contribution >= 0.6 is 15.9 Å². The van der Waals surface area contributed by atoms with Crippen molar-refractivity contribution in [3.05, 3.63) is 22.7 Å². The Labute approximate surface area is 104 Å². The second-order valence-electron chi connectivity index (χ2n) is 3.15. The first-order valence-electron chi connectivity index (χ1n) is 4.49. The van der Waals surface area contributed by atoms with E-state index >= 15 is 0 Å². The van der Waals surface area contributed by atoms with Crippen LogP contribution in [-0.2, 0) is 0 Å². The van der Waals surface area contributed by atoms with E-state index < -0.39 is 19.0 Å². The van der Waals surface area contributed by atoms with Crippen LogP contribution in [0, 0.1) is 0 Å². The van der Waals surface area contributed by atoms with E-state index in [0.29, 0.717) is 10.2 Å². The molecule has 1 rings (SSSR count). The molecular formula is C10H9BrF4O2. The first-order valence-corrected chi connectivity index (χ1v) is 5.28. The molecule has 0 fully saturated rings. The van der Waals surface area contributed by atoms with Gasteiger partial charge in [0.05, 0.1) is 11.6 Å². The van der Waals surface area contributed by atoms with Gasteiger partial charge in [-0.15, -0.1) is 0 Å². The van der Waals surface area contributed by atoms with Gasteiger partial charge in [-0.3, -0.25) is 0 Å². The van der Waals surface area contributed by atoms with Crippen molar-refractivity contribution in [1.82, 2.24) is 0 Å². The van der Waals surface area contributed by atoms with Crippen LogP contribution in [0.15, 0.2) is 22.7 Å². The first kappa shape index (κ1) is 14.1. The molecule has 0 atom stereocenters. The number of hydrogen-bond donors (Lipinski definition) is 0. The molecule has 0 radical (unpaired) electrons. The van der Waals surface area contributed by atoms with Gasteiger partial charge in [0.2, 0.25) is 0 Å². The minimum absolute atomic E-state index is 0.0537. The quantitative estimate of drug-likeness (QED) is 0.770. The van der Waals surface area contributed by atoms with Gasteiger partial charge < -0.3 is 9.47 Å². The normalized spacial score (nSPS) is 11.7. The molecule has 0 aliphatic rings. The van der Waals surface area contributed by atoms with Crippen LogP contribution in [0.3, 0.4) is 0 Å². The Bertz CT molecular complexity index is 385. The summed E-state index contributed by atoms with van der Waals surface area (Å²) in [6, 6.07) is 4.19. The van der Waals surface area contributed by atoms with Crippen LogP contribution in [0.25, 0.3) is 0 Å². The highest BCUT2D eigenvalue weighted by Gasteiger charge is 2.41. The predicted molar refractivity (Wildman–Crippen MR) is 57.1 cm³/mol. The molecule has 0 heterocycles. The second kappa shape index (κ2) is 5.57. The van der Waals surface area contributed by atoms with E-state index in [1.54, 1.807) is 0 Å². The number of halogens is 5. The van der Waals surface area contributed by atoms with Crippen molar-refractivity contribution in [2.24, 2.45) is 0 Å². The molecule has 0 N–H and O–H groups in total. The monoisotopic (exact) mass is 316 g/mol. The maximum absolute atomic E-state index is 12.6. The van der Waals surface area contributed by atoms with Crippen molar-refractivity contribution in [2.75, 3.05) is 13.7 Å². The average Bonchev–Trinajstić information content (AvgIpc) is 2.26. The molecule has 1 aromatic rings. The van der Waals surface area contributed by atoms with E-state index in [2.05, 4.69) is 20.7 Å².